The molecule has 11 nitrogen and oxygen atoms in total. The second-order valence-electron chi connectivity index (χ2n) is 6.45. The first kappa shape index (κ1) is 35.3. The number of esters is 1. The van der Waals surface area contributed by atoms with E-state index in [2.05, 4.69) is 0 Å². The molecule has 0 spiro atoms. The third-order valence-electron chi connectivity index (χ3n) is 3.79. The van der Waals surface area contributed by atoms with Crippen molar-refractivity contribution in [2.75, 3.05) is 126 Å². The van der Waals surface area contributed by atoms with Gasteiger partial charge in [0.05, 0.1) is 125 Å². The fourth-order valence-corrected chi connectivity index (χ4v) is 2.17. The summed E-state index contributed by atoms with van der Waals surface area (Å²) in [5.74, 6) is -0.247. The molecule has 0 heterocycles. The molecule has 0 rings (SSSR count). The number of carbonyl (C=O) groups excluding carboxylic acids is 1. The summed E-state index contributed by atoms with van der Waals surface area (Å²) in [6, 6.07) is 0. The van der Waals surface area contributed by atoms with Crippen LogP contribution in [-0.2, 0) is 52.2 Å². The highest BCUT2D eigenvalue weighted by Crippen LogP contribution is 1.89. The van der Waals surface area contributed by atoms with Crippen LogP contribution in [0.25, 0.3) is 0 Å². The van der Waals surface area contributed by atoms with Crippen LogP contribution in [0.2, 0.25) is 0 Å². The topological polar surface area (TPSA) is 109 Å². The molecule has 0 radical (unpaired) electrons. The van der Waals surface area contributed by atoms with Crippen molar-refractivity contribution in [2.24, 2.45) is 0 Å². The minimum absolute atomic E-state index is 0. The number of methoxy groups -OCH3 is 1. The van der Waals surface area contributed by atoms with Crippen LogP contribution in [0.3, 0.4) is 0 Å². The Morgan fingerprint density at radius 2 is 0.735 bits per heavy atom. The Hall–Kier alpha value is -0.890. The van der Waals surface area contributed by atoms with Gasteiger partial charge in [-0.15, -0.1) is 0 Å². The van der Waals surface area contributed by atoms with Crippen LogP contribution in [0.5, 0.6) is 0 Å². The van der Waals surface area contributed by atoms with Crippen molar-refractivity contribution >= 4 is 5.97 Å². The summed E-state index contributed by atoms with van der Waals surface area (Å²) >= 11 is 0. The highest BCUT2D eigenvalue weighted by atomic mass is 16.6. The van der Waals surface area contributed by atoms with E-state index in [-0.39, 0.29) is 19.8 Å². The summed E-state index contributed by atoms with van der Waals surface area (Å²) in [5.41, 5.74) is 0. The zero-order chi connectivity index (χ0) is 24.1. The lowest BCUT2D eigenvalue weighted by Gasteiger charge is -2.08. The molecule has 0 N–H and O–H groups in total. The van der Waals surface area contributed by atoms with Crippen LogP contribution in [-0.4, -0.2) is 132 Å². The normalized spacial score (nSPS) is 10.9. The SMILES string of the molecule is C.CCOC(=O)CCOCCOCCOCCOCCOCCOCCOCCOCCOC. The van der Waals surface area contributed by atoms with Gasteiger partial charge >= 0.3 is 5.97 Å². The Bertz CT molecular complexity index is 386. The highest BCUT2D eigenvalue weighted by molar-refractivity contribution is 5.69. The maximum absolute atomic E-state index is 11.1. The lowest BCUT2D eigenvalue weighted by atomic mass is 10.5. The molecule has 206 valence electrons. The predicted molar refractivity (Wildman–Crippen MR) is 126 cm³/mol. The monoisotopic (exact) mass is 500 g/mol. The number of carbonyl (C=O) groups is 1. The van der Waals surface area contributed by atoms with E-state index in [0.717, 1.165) is 0 Å². The molecule has 0 aliphatic carbocycles. The first-order chi connectivity index (χ1) is 16.3. The number of ether oxygens (including phenoxy) is 10. The second kappa shape index (κ2) is 32.1. The van der Waals surface area contributed by atoms with Crippen LogP contribution in [0.4, 0.5) is 0 Å². The van der Waals surface area contributed by atoms with E-state index in [1.54, 1.807) is 14.0 Å². The van der Waals surface area contributed by atoms with Crippen molar-refractivity contribution in [3.8, 4) is 0 Å². The molecular weight excluding hydrogens is 452 g/mol. The van der Waals surface area contributed by atoms with Crippen molar-refractivity contribution in [3.63, 3.8) is 0 Å². The van der Waals surface area contributed by atoms with Gasteiger partial charge in [0, 0.05) is 7.11 Å². The third-order valence-corrected chi connectivity index (χ3v) is 3.79. The molecule has 0 aromatic carbocycles. The molecule has 0 bridgehead atoms. The summed E-state index contributed by atoms with van der Waals surface area (Å²) in [6.45, 7) is 10.8. The van der Waals surface area contributed by atoms with Gasteiger partial charge < -0.3 is 47.4 Å². The summed E-state index contributed by atoms with van der Waals surface area (Å²) < 4.78 is 52.6. The first-order valence-electron chi connectivity index (χ1n) is 11.6. The largest absolute Gasteiger partial charge is 0.466 e. The van der Waals surface area contributed by atoms with Gasteiger partial charge in [-0.2, -0.15) is 0 Å². The zero-order valence-electron chi connectivity index (χ0n) is 20.4. The van der Waals surface area contributed by atoms with E-state index in [4.69, 9.17) is 47.4 Å². The summed E-state index contributed by atoms with van der Waals surface area (Å²) in [5, 5.41) is 0. The molecular formula is C23H48O11. The van der Waals surface area contributed by atoms with Gasteiger partial charge in [-0.05, 0) is 6.92 Å². The molecule has 0 atom stereocenters. The Labute approximate surface area is 205 Å². The van der Waals surface area contributed by atoms with Gasteiger partial charge in [0.1, 0.15) is 0 Å². The zero-order valence-corrected chi connectivity index (χ0v) is 20.4. The minimum Gasteiger partial charge on any atom is -0.466 e. The lowest BCUT2D eigenvalue weighted by molar-refractivity contribution is -0.144. The van der Waals surface area contributed by atoms with E-state index >= 15 is 0 Å². The van der Waals surface area contributed by atoms with Crippen LogP contribution < -0.4 is 0 Å². The summed E-state index contributed by atoms with van der Waals surface area (Å²) in [4.78, 5) is 11.1. The van der Waals surface area contributed by atoms with E-state index in [1.165, 1.54) is 0 Å². The van der Waals surface area contributed by atoms with E-state index in [9.17, 15) is 4.79 Å². The molecule has 34 heavy (non-hydrogen) atoms. The van der Waals surface area contributed by atoms with Gasteiger partial charge in [0.15, 0.2) is 0 Å². The molecule has 0 fully saturated rings. The van der Waals surface area contributed by atoms with Crippen molar-refractivity contribution in [1.82, 2.24) is 0 Å². The fraction of sp³-hybridized carbons (Fsp3) is 0.957. The molecule has 0 saturated heterocycles. The Balaban J connectivity index is 0. The minimum atomic E-state index is -0.247. The average Bonchev–Trinajstić information content (AvgIpc) is 2.81. The smallest absolute Gasteiger partial charge is 0.308 e. The molecule has 0 amide bonds. The Morgan fingerprint density at radius 1 is 0.471 bits per heavy atom. The van der Waals surface area contributed by atoms with Crippen molar-refractivity contribution in [3.05, 3.63) is 0 Å². The first-order valence-corrected chi connectivity index (χ1v) is 11.6. The van der Waals surface area contributed by atoms with Crippen LogP contribution >= 0.6 is 0 Å². The number of rotatable bonds is 28. The van der Waals surface area contributed by atoms with Crippen molar-refractivity contribution < 1.29 is 52.2 Å². The van der Waals surface area contributed by atoms with Crippen LogP contribution in [0.1, 0.15) is 20.8 Å². The molecule has 0 aliphatic heterocycles. The maximum atomic E-state index is 11.1. The molecule has 0 unspecified atom stereocenters. The molecule has 0 saturated carbocycles. The van der Waals surface area contributed by atoms with Gasteiger partial charge in [-0.25, -0.2) is 0 Å². The van der Waals surface area contributed by atoms with Crippen LogP contribution in [0, 0.1) is 0 Å². The van der Waals surface area contributed by atoms with Gasteiger partial charge in [0.25, 0.3) is 0 Å². The van der Waals surface area contributed by atoms with Gasteiger partial charge in [0.2, 0.25) is 0 Å². The van der Waals surface area contributed by atoms with Crippen molar-refractivity contribution in [1.29, 1.82) is 0 Å². The average molecular weight is 501 g/mol. The lowest BCUT2D eigenvalue weighted by Crippen LogP contribution is -2.15. The van der Waals surface area contributed by atoms with E-state index < -0.39 is 0 Å². The van der Waals surface area contributed by atoms with Crippen LogP contribution in [0.15, 0.2) is 0 Å². The molecule has 0 aromatic rings. The Morgan fingerprint density at radius 3 is 1.00 bits per heavy atom. The van der Waals surface area contributed by atoms with Crippen molar-refractivity contribution in [2.45, 2.75) is 20.8 Å². The van der Waals surface area contributed by atoms with E-state index in [0.29, 0.717) is 119 Å². The Kier molecular flexibility index (Phi) is 33.3. The fourth-order valence-electron chi connectivity index (χ4n) is 2.17. The third kappa shape index (κ3) is 31.1. The summed E-state index contributed by atoms with van der Waals surface area (Å²) in [6.07, 6.45) is 0.262. The molecule has 11 heteroatoms. The highest BCUT2D eigenvalue weighted by Gasteiger charge is 2.00. The van der Waals surface area contributed by atoms with E-state index in [1.807, 2.05) is 0 Å². The second-order valence-corrected chi connectivity index (χ2v) is 6.45. The number of hydrogen-bond acceptors (Lipinski definition) is 11. The van der Waals surface area contributed by atoms with Gasteiger partial charge in [-0.1, -0.05) is 7.43 Å². The maximum Gasteiger partial charge on any atom is 0.308 e. The quantitative estimate of drug-likeness (QED) is 0.115. The predicted octanol–water partition coefficient (Wildman–Crippen LogP) is 1.35. The molecule has 0 aromatic heterocycles. The standard InChI is InChI=1S/C22H44O11.CH4/c1-3-33-22(23)4-5-25-8-9-27-12-13-29-16-17-31-20-21-32-19-18-30-15-14-28-11-10-26-7-6-24-2;/h3-21H2,1-2H3;1H4. The van der Waals surface area contributed by atoms with Gasteiger partial charge in [-0.3, -0.25) is 4.79 Å². The summed E-state index contributed by atoms with van der Waals surface area (Å²) in [7, 11) is 1.64. The molecule has 0 aliphatic rings. The number of hydrogen-bond donors (Lipinski definition) is 0.